The zero-order valence-electron chi connectivity index (χ0n) is 39.4. The molecule has 4 aromatic carbocycles. The van der Waals surface area contributed by atoms with Crippen molar-refractivity contribution < 1.29 is 19.2 Å². The number of amides is 4. The van der Waals surface area contributed by atoms with Crippen molar-refractivity contribution in [3.05, 3.63) is 156 Å². The third-order valence-electron chi connectivity index (χ3n) is 12.0. The molecule has 2 aliphatic heterocycles. The number of rotatable bonds is 16. The molecule has 8 bridgehead atoms. The summed E-state index contributed by atoms with van der Waals surface area (Å²) in [7, 11) is 0. The molecule has 4 amide bonds. The van der Waals surface area contributed by atoms with E-state index in [9.17, 15) is 19.2 Å². The summed E-state index contributed by atoms with van der Waals surface area (Å²) >= 11 is 0. The van der Waals surface area contributed by atoms with Crippen molar-refractivity contribution in [1.82, 2.24) is 19.9 Å². The van der Waals surface area contributed by atoms with E-state index in [1.54, 1.807) is 0 Å². The molecular weight excluding hydrogens is 905 g/mol. The Hall–Kier alpha value is -8.80. The first kappa shape index (κ1) is 48.2. The van der Waals surface area contributed by atoms with Crippen LogP contribution in [-0.2, 0) is 19.2 Å². The highest BCUT2D eigenvalue weighted by atomic mass is 16.2. The summed E-state index contributed by atoms with van der Waals surface area (Å²) in [5.74, 6) is -1.13. The molecule has 9 rings (SSSR count). The van der Waals surface area contributed by atoms with Gasteiger partial charge in [0, 0.05) is 136 Å². The lowest BCUT2D eigenvalue weighted by molar-refractivity contribution is -0.116. The number of nitrogens with two attached hydrogens (primary N) is 4. The molecule has 362 valence electrons. The fourth-order valence-electron chi connectivity index (χ4n) is 8.90. The molecule has 0 radical (unpaired) electrons. The number of aromatic amines is 2. The average molecular weight is 959 g/mol. The molecule has 3 aromatic heterocycles. The second-order valence-corrected chi connectivity index (χ2v) is 17.1. The van der Waals surface area contributed by atoms with Gasteiger partial charge < -0.3 is 54.2 Å². The van der Waals surface area contributed by atoms with Crippen molar-refractivity contribution in [2.45, 2.75) is 25.7 Å². The molecule has 16 heteroatoms. The van der Waals surface area contributed by atoms with E-state index in [2.05, 4.69) is 31.2 Å². The van der Waals surface area contributed by atoms with E-state index in [1.807, 2.05) is 146 Å². The molecule has 72 heavy (non-hydrogen) atoms. The molecule has 0 spiro atoms. The van der Waals surface area contributed by atoms with E-state index < -0.39 is 0 Å². The SMILES string of the molecule is NCCC(=O)Nc1ccccc1C1=Cc2cc3ccc(cc4nc(cc5[nH]c(c(-c6ccccc6NC(=O)CCN)c1n2)c(-c1ccccc1NC(=O)CCN)c5-c1ccccc1NC(=O)CCN)C=C4)[nH]3. The van der Waals surface area contributed by atoms with E-state index >= 15 is 0 Å². The largest absolute Gasteiger partial charge is 0.355 e. The van der Waals surface area contributed by atoms with Crippen LogP contribution in [0.4, 0.5) is 22.7 Å². The lowest BCUT2D eigenvalue weighted by Gasteiger charge is -2.19. The van der Waals surface area contributed by atoms with Crippen LogP contribution >= 0.6 is 0 Å². The van der Waals surface area contributed by atoms with Crippen LogP contribution in [0.15, 0.2) is 127 Å². The van der Waals surface area contributed by atoms with Crippen LogP contribution in [0.25, 0.3) is 79.2 Å². The van der Waals surface area contributed by atoms with Crippen molar-refractivity contribution in [2.75, 3.05) is 47.4 Å². The number of H-pyrrole nitrogens is 2. The van der Waals surface area contributed by atoms with Gasteiger partial charge >= 0.3 is 0 Å². The van der Waals surface area contributed by atoms with Gasteiger partial charge in [0.05, 0.1) is 28.3 Å². The number of aromatic nitrogens is 4. The maximum absolute atomic E-state index is 13.7. The van der Waals surface area contributed by atoms with Gasteiger partial charge in [-0.05, 0) is 72.8 Å². The number of benzene rings is 4. The first-order valence-corrected chi connectivity index (χ1v) is 23.7. The van der Waals surface area contributed by atoms with Gasteiger partial charge in [-0.3, -0.25) is 19.2 Å². The van der Waals surface area contributed by atoms with Gasteiger partial charge in [0.15, 0.2) is 0 Å². The third kappa shape index (κ3) is 10.5. The lowest BCUT2D eigenvalue weighted by Crippen LogP contribution is -2.17. The number of nitrogens with zero attached hydrogens (tertiary/aromatic N) is 2. The van der Waals surface area contributed by atoms with Crippen molar-refractivity contribution in [1.29, 1.82) is 0 Å². The first-order chi connectivity index (χ1) is 35.1. The summed E-state index contributed by atoms with van der Waals surface area (Å²) in [5, 5.41) is 12.4. The third-order valence-corrected chi connectivity index (χ3v) is 12.0. The summed E-state index contributed by atoms with van der Waals surface area (Å²) < 4.78 is 0. The summed E-state index contributed by atoms with van der Waals surface area (Å²) in [4.78, 5) is 72.0. The van der Waals surface area contributed by atoms with Crippen LogP contribution in [-0.4, -0.2) is 69.7 Å². The molecule has 0 unspecified atom stereocenters. The Morgan fingerprint density at radius 1 is 0.431 bits per heavy atom. The number of fused-ring (bicyclic) bond motifs is 8. The number of hydrogen-bond acceptors (Lipinski definition) is 10. The van der Waals surface area contributed by atoms with Crippen LogP contribution in [0, 0.1) is 0 Å². The Morgan fingerprint density at radius 2 is 0.833 bits per heavy atom. The van der Waals surface area contributed by atoms with E-state index in [0.717, 1.165) is 11.0 Å². The van der Waals surface area contributed by atoms with Crippen molar-refractivity contribution in [3.63, 3.8) is 0 Å². The molecule has 2 aliphatic rings. The van der Waals surface area contributed by atoms with Crippen LogP contribution in [0.1, 0.15) is 54.0 Å². The second-order valence-electron chi connectivity index (χ2n) is 17.1. The van der Waals surface area contributed by atoms with Gasteiger partial charge in [0.1, 0.15) is 0 Å². The molecule has 0 aliphatic carbocycles. The minimum absolute atomic E-state index is 0.0578. The highest BCUT2D eigenvalue weighted by Crippen LogP contribution is 2.50. The number of para-hydroxylation sites is 4. The number of hydrogen-bond donors (Lipinski definition) is 10. The number of anilines is 4. The second kappa shape index (κ2) is 21.9. The predicted octanol–water partition coefficient (Wildman–Crippen LogP) is 8.22. The van der Waals surface area contributed by atoms with Crippen LogP contribution in [0.5, 0.6) is 0 Å². The fourth-order valence-corrected chi connectivity index (χ4v) is 8.90. The molecular formula is C56H54N12O4. The summed E-state index contributed by atoms with van der Waals surface area (Å²) in [6.07, 6.45) is 6.12. The Morgan fingerprint density at radius 3 is 1.32 bits per heavy atom. The standard InChI is InChI=1S/C56H54N12O4/c57-25-21-48(69)64-43-13-5-1-9-38(43)42-31-37-30-35-18-17-33(61-35)29-34-19-20-36(62-34)32-47-52(39-10-2-6-14-44(39)65-49(70)22-26-58)53(40-11-3-7-15-45(40)66-50(71)23-27-59)56(68-47)54(55(42)63-37)41-12-4-8-16-46(41)67-51(72)24-28-60/h1-20,29-32,61,68H,21-28,57-60H2,(H,64,69)(H,65,70)(H,66,71)(H,67,72). The molecule has 0 atom stereocenters. The Labute approximate surface area is 415 Å². The van der Waals surface area contributed by atoms with Crippen LogP contribution < -0.4 is 44.2 Å². The zero-order valence-corrected chi connectivity index (χ0v) is 39.4. The maximum Gasteiger partial charge on any atom is 0.225 e. The average Bonchev–Trinajstić information content (AvgIpc) is 4.18. The van der Waals surface area contributed by atoms with Gasteiger partial charge in [-0.25, -0.2) is 9.97 Å². The zero-order chi connectivity index (χ0) is 50.1. The number of carbonyl (C=O) groups excluding carboxylic acids is 4. The normalized spacial score (nSPS) is 11.8. The quantitative estimate of drug-likeness (QED) is 0.0443. The molecule has 0 fully saturated rings. The topological polar surface area (TPSA) is 278 Å². The monoisotopic (exact) mass is 958 g/mol. The molecule has 16 nitrogen and oxygen atoms in total. The summed E-state index contributed by atoms with van der Waals surface area (Å²) in [5.41, 5.74) is 35.4. The molecule has 7 aromatic rings. The molecule has 5 heterocycles. The van der Waals surface area contributed by atoms with Crippen molar-refractivity contribution in [2.24, 2.45) is 22.9 Å². The Bertz CT molecular complexity index is 3480. The lowest BCUT2D eigenvalue weighted by atomic mass is 9.89. The van der Waals surface area contributed by atoms with Gasteiger partial charge in [-0.1, -0.05) is 72.8 Å². The minimum Gasteiger partial charge on any atom is -0.355 e. The van der Waals surface area contributed by atoms with E-state index in [1.165, 1.54) is 0 Å². The number of nitrogens with one attached hydrogen (secondary N) is 6. The smallest absolute Gasteiger partial charge is 0.225 e. The summed E-state index contributed by atoms with van der Waals surface area (Å²) in [6, 6.07) is 39.6. The van der Waals surface area contributed by atoms with Crippen molar-refractivity contribution in [3.8, 4) is 33.4 Å². The van der Waals surface area contributed by atoms with E-state index in [0.29, 0.717) is 101 Å². The minimum atomic E-state index is -0.301. The molecule has 0 saturated carbocycles. The number of carbonyl (C=O) groups is 4. The van der Waals surface area contributed by atoms with Crippen LogP contribution in [0.3, 0.4) is 0 Å². The summed E-state index contributed by atoms with van der Waals surface area (Å²) in [6.45, 7) is 0.548. The van der Waals surface area contributed by atoms with Gasteiger partial charge in [0.2, 0.25) is 23.6 Å². The molecule has 14 N–H and O–H groups in total. The van der Waals surface area contributed by atoms with E-state index in [4.69, 9.17) is 32.9 Å². The Balaban J connectivity index is 1.54. The van der Waals surface area contributed by atoms with Gasteiger partial charge in [0.25, 0.3) is 0 Å². The van der Waals surface area contributed by atoms with E-state index in [-0.39, 0.29) is 75.5 Å². The van der Waals surface area contributed by atoms with Crippen molar-refractivity contribution >= 4 is 92.2 Å². The Kier molecular flexibility index (Phi) is 14.7. The van der Waals surface area contributed by atoms with Gasteiger partial charge in [-0.2, -0.15) is 0 Å². The highest BCUT2D eigenvalue weighted by molar-refractivity contribution is 6.16. The fraction of sp³-hybridized carbons (Fsp3) is 0.143. The first-order valence-electron chi connectivity index (χ1n) is 23.7. The van der Waals surface area contributed by atoms with Crippen LogP contribution in [0.2, 0.25) is 0 Å². The van der Waals surface area contributed by atoms with Gasteiger partial charge in [-0.15, -0.1) is 0 Å². The maximum atomic E-state index is 13.7. The predicted molar refractivity (Wildman–Crippen MR) is 289 cm³/mol. The molecule has 0 saturated heterocycles. The highest BCUT2D eigenvalue weighted by Gasteiger charge is 2.29.